The Morgan fingerprint density at radius 1 is 1.41 bits per heavy atom. The van der Waals surface area contributed by atoms with E-state index in [0.717, 1.165) is 11.4 Å². The van der Waals surface area contributed by atoms with Gasteiger partial charge in [0.2, 0.25) is 0 Å². The Bertz CT molecular complexity index is 615. The molecule has 1 amide bonds. The molecular formula is C11H11N3O2S. The van der Waals surface area contributed by atoms with Crippen LogP contribution in [0.2, 0.25) is 0 Å². The highest BCUT2D eigenvalue weighted by molar-refractivity contribution is 7.13. The van der Waals surface area contributed by atoms with Crippen molar-refractivity contribution in [2.45, 2.75) is 13.8 Å². The molecule has 2 rings (SSSR count). The average Bonchev–Trinajstić information content (AvgIpc) is 2.63. The maximum absolute atomic E-state index is 11.8. The number of rotatable bonds is 2. The number of amides is 1. The van der Waals surface area contributed by atoms with E-state index in [-0.39, 0.29) is 5.56 Å². The Morgan fingerprint density at radius 2 is 2.18 bits per heavy atom. The van der Waals surface area contributed by atoms with Crippen molar-refractivity contribution in [3.05, 3.63) is 44.8 Å². The van der Waals surface area contributed by atoms with Crippen LogP contribution in [0.3, 0.4) is 0 Å². The van der Waals surface area contributed by atoms with Gasteiger partial charge in [0.15, 0.2) is 5.13 Å². The van der Waals surface area contributed by atoms with Crippen LogP contribution in [0.4, 0.5) is 5.13 Å². The molecule has 0 saturated heterocycles. The summed E-state index contributed by atoms with van der Waals surface area (Å²) in [6.45, 7) is 3.60. The first-order valence-corrected chi connectivity index (χ1v) is 5.87. The average molecular weight is 249 g/mol. The molecule has 6 heteroatoms. The molecule has 2 N–H and O–H groups in total. The number of carbonyl (C=O) groups is 1. The predicted molar refractivity (Wildman–Crippen MR) is 66.6 cm³/mol. The van der Waals surface area contributed by atoms with Gasteiger partial charge >= 0.3 is 0 Å². The van der Waals surface area contributed by atoms with E-state index in [2.05, 4.69) is 15.3 Å². The van der Waals surface area contributed by atoms with Gasteiger partial charge in [-0.25, -0.2) is 4.98 Å². The molecule has 0 aromatic carbocycles. The zero-order chi connectivity index (χ0) is 12.4. The molecule has 2 aromatic rings. The van der Waals surface area contributed by atoms with Crippen LogP contribution in [0.25, 0.3) is 0 Å². The van der Waals surface area contributed by atoms with Gasteiger partial charge in [0, 0.05) is 11.1 Å². The molecule has 17 heavy (non-hydrogen) atoms. The van der Waals surface area contributed by atoms with E-state index in [1.807, 2.05) is 12.3 Å². The van der Waals surface area contributed by atoms with E-state index in [0.29, 0.717) is 5.13 Å². The topological polar surface area (TPSA) is 74.8 Å². The SMILES string of the molecule is Cc1csc(NC(=O)c2ccc(C)[nH]c2=O)n1. The van der Waals surface area contributed by atoms with Crippen LogP contribution < -0.4 is 10.9 Å². The van der Waals surface area contributed by atoms with Gasteiger partial charge in [0.1, 0.15) is 5.56 Å². The summed E-state index contributed by atoms with van der Waals surface area (Å²) in [4.78, 5) is 30.0. The molecule has 2 aromatic heterocycles. The highest BCUT2D eigenvalue weighted by Gasteiger charge is 2.11. The van der Waals surface area contributed by atoms with Gasteiger partial charge < -0.3 is 4.98 Å². The molecule has 5 nitrogen and oxygen atoms in total. The molecule has 0 bridgehead atoms. The molecule has 2 heterocycles. The molecular weight excluding hydrogens is 238 g/mol. The standard InChI is InChI=1S/C11H11N3O2S/c1-6-3-4-8(9(15)12-6)10(16)14-11-13-7(2)5-17-11/h3-5H,1-2H3,(H,12,15)(H,13,14,16). The lowest BCUT2D eigenvalue weighted by Crippen LogP contribution is -2.23. The number of anilines is 1. The van der Waals surface area contributed by atoms with Crippen molar-refractivity contribution >= 4 is 22.4 Å². The van der Waals surface area contributed by atoms with E-state index in [1.54, 1.807) is 13.0 Å². The first-order valence-electron chi connectivity index (χ1n) is 4.99. The number of aromatic nitrogens is 2. The molecule has 0 aliphatic carbocycles. The summed E-state index contributed by atoms with van der Waals surface area (Å²) in [6, 6.07) is 3.19. The summed E-state index contributed by atoms with van der Waals surface area (Å²) >= 11 is 1.33. The predicted octanol–water partition coefficient (Wildman–Crippen LogP) is 1.70. The highest BCUT2D eigenvalue weighted by Crippen LogP contribution is 2.14. The minimum Gasteiger partial charge on any atom is -0.326 e. The third-order valence-corrected chi connectivity index (χ3v) is 3.01. The summed E-state index contributed by atoms with van der Waals surface area (Å²) in [5.74, 6) is -0.444. The Balaban J connectivity index is 2.23. The summed E-state index contributed by atoms with van der Waals surface area (Å²) in [5.41, 5.74) is 1.25. The Hall–Kier alpha value is -1.95. The van der Waals surface area contributed by atoms with Gasteiger partial charge in [-0.05, 0) is 26.0 Å². The third kappa shape index (κ3) is 2.59. The van der Waals surface area contributed by atoms with Crippen LogP contribution in [-0.2, 0) is 0 Å². The largest absolute Gasteiger partial charge is 0.326 e. The summed E-state index contributed by atoms with van der Waals surface area (Å²) in [6.07, 6.45) is 0. The van der Waals surface area contributed by atoms with Crippen LogP contribution in [0, 0.1) is 13.8 Å². The van der Waals surface area contributed by atoms with Gasteiger partial charge in [-0.3, -0.25) is 14.9 Å². The van der Waals surface area contributed by atoms with Gasteiger partial charge in [0.25, 0.3) is 11.5 Å². The minimum absolute atomic E-state index is 0.0865. The van der Waals surface area contributed by atoms with E-state index < -0.39 is 11.5 Å². The fourth-order valence-corrected chi connectivity index (χ4v) is 2.01. The number of aryl methyl sites for hydroxylation is 2. The first-order chi connectivity index (χ1) is 8.06. The monoisotopic (exact) mass is 249 g/mol. The van der Waals surface area contributed by atoms with E-state index in [1.165, 1.54) is 17.4 Å². The smallest absolute Gasteiger partial charge is 0.263 e. The molecule has 88 valence electrons. The zero-order valence-electron chi connectivity index (χ0n) is 9.40. The highest BCUT2D eigenvalue weighted by atomic mass is 32.1. The quantitative estimate of drug-likeness (QED) is 0.850. The maximum atomic E-state index is 11.8. The number of hydrogen-bond acceptors (Lipinski definition) is 4. The number of carbonyl (C=O) groups excluding carboxylic acids is 1. The number of aromatic amines is 1. The Morgan fingerprint density at radius 3 is 2.76 bits per heavy atom. The van der Waals surface area contributed by atoms with Crippen LogP contribution in [-0.4, -0.2) is 15.9 Å². The lowest BCUT2D eigenvalue weighted by atomic mass is 10.2. The number of pyridine rings is 1. The fraction of sp³-hybridized carbons (Fsp3) is 0.182. The summed E-state index contributed by atoms with van der Waals surface area (Å²) < 4.78 is 0. The summed E-state index contributed by atoms with van der Waals surface area (Å²) in [7, 11) is 0. The van der Waals surface area contributed by atoms with Crippen LogP contribution in [0.1, 0.15) is 21.7 Å². The number of thiazole rings is 1. The van der Waals surface area contributed by atoms with Crippen LogP contribution in [0.5, 0.6) is 0 Å². The van der Waals surface area contributed by atoms with Crippen molar-refractivity contribution in [3.63, 3.8) is 0 Å². The maximum Gasteiger partial charge on any atom is 0.263 e. The van der Waals surface area contributed by atoms with Crippen molar-refractivity contribution < 1.29 is 4.79 Å². The number of nitrogens with zero attached hydrogens (tertiary/aromatic N) is 1. The molecule has 0 aliphatic rings. The number of H-pyrrole nitrogens is 1. The molecule has 0 radical (unpaired) electrons. The molecule has 0 aliphatic heterocycles. The van der Waals surface area contributed by atoms with Gasteiger partial charge in [-0.15, -0.1) is 11.3 Å². The first kappa shape index (κ1) is 11.5. The van der Waals surface area contributed by atoms with Crippen molar-refractivity contribution in [1.29, 1.82) is 0 Å². The molecule has 0 spiro atoms. The number of nitrogens with one attached hydrogen (secondary N) is 2. The van der Waals surface area contributed by atoms with Crippen LogP contribution >= 0.6 is 11.3 Å². The van der Waals surface area contributed by atoms with Crippen molar-refractivity contribution in [3.8, 4) is 0 Å². The second-order valence-corrected chi connectivity index (χ2v) is 4.49. The van der Waals surface area contributed by atoms with Crippen molar-refractivity contribution in [1.82, 2.24) is 9.97 Å². The Labute approximate surface area is 102 Å². The third-order valence-electron chi connectivity index (χ3n) is 2.14. The van der Waals surface area contributed by atoms with Crippen molar-refractivity contribution in [2.75, 3.05) is 5.32 Å². The fourth-order valence-electron chi connectivity index (χ4n) is 1.33. The van der Waals surface area contributed by atoms with E-state index in [4.69, 9.17) is 0 Å². The second-order valence-electron chi connectivity index (χ2n) is 3.63. The second kappa shape index (κ2) is 4.50. The molecule has 0 fully saturated rings. The van der Waals surface area contributed by atoms with Gasteiger partial charge in [-0.1, -0.05) is 0 Å². The van der Waals surface area contributed by atoms with E-state index >= 15 is 0 Å². The van der Waals surface area contributed by atoms with Gasteiger partial charge in [0.05, 0.1) is 5.69 Å². The lowest BCUT2D eigenvalue weighted by Gasteiger charge is -2.01. The molecule has 0 atom stereocenters. The Kier molecular flexibility index (Phi) is 3.06. The van der Waals surface area contributed by atoms with Gasteiger partial charge in [-0.2, -0.15) is 0 Å². The minimum atomic E-state index is -0.444. The zero-order valence-corrected chi connectivity index (χ0v) is 10.2. The number of hydrogen-bond donors (Lipinski definition) is 2. The molecule has 0 saturated carbocycles. The summed E-state index contributed by atoms with van der Waals surface area (Å²) in [5, 5.41) is 4.91. The molecule has 0 unspecified atom stereocenters. The normalized spacial score (nSPS) is 10.2. The van der Waals surface area contributed by atoms with Crippen LogP contribution in [0.15, 0.2) is 22.3 Å². The van der Waals surface area contributed by atoms with E-state index in [9.17, 15) is 9.59 Å². The lowest BCUT2D eigenvalue weighted by molar-refractivity contribution is 0.102. The van der Waals surface area contributed by atoms with Crippen molar-refractivity contribution in [2.24, 2.45) is 0 Å².